The molecular formula is C14H14Cl2N4O2S. The first-order chi connectivity index (χ1) is 11.1. The van der Waals surface area contributed by atoms with E-state index in [0.717, 1.165) is 17.3 Å². The Morgan fingerprint density at radius 2 is 1.96 bits per heavy atom. The fourth-order valence-electron chi connectivity index (χ4n) is 1.59. The molecule has 2 aromatic rings. The van der Waals surface area contributed by atoms with Crippen molar-refractivity contribution in [3.8, 4) is 0 Å². The van der Waals surface area contributed by atoms with Crippen LogP contribution in [0.15, 0.2) is 29.4 Å². The van der Waals surface area contributed by atoms with Crippen molar-refractivity contribution in [1.29, 1.82) is 0 Å². The Labute approximate surface area is 148 Å². The quantitative estimate of drug-likeness (QED) is 0.588. The van der Waals surface area contributed by atoms with Crippen LogP contribution in [0, 0.1) is 0 Å². The van der Waals surface area contributed by atoms with Crippen LogP contribution in [-0.2, 0) is 16.1 Å². The van der Waals surface area contributed by atoms with Crippen molar-refractivity contribution in [2.75, 3.05) is 17.7 Å². The van der Waals surface area contributed by atoms with Gasteiger partial charge in [-0.2, -0.15) is 15.0 Å². The van der Waals surface area contributed by atoms with E-state index in [1.165, 1.54) is 0 Å². The van der Waals surface area contributed by atoms with Crippen LogP contribution < -0.4 is 5.32 Å². The lowest BCUT2D eigenvalue weighted by atomic mass is 10.2. The van der Waals surface area contributed by atoms with E-state index >= 15 is 0 Å². The smallest absolute Gasteiger partial charge is 0.316 e. The lowest BCUT2D eigenvalue weighted by Gasteiger charge is -2.07. The second-order valence-corrected chi connectivity index (χ2v) is 6.00. The predicted molar refractivity (Wildman–Crippen MR) is 91.0 cm³/mol. The van der Waals surface area contributed by atoms with Gasteiger partial charge in [-0.3, -0.25) is 4.79 Å². The maximum Gasteiger partial charge on any atom is 0.316 e. The number of nitrogens with zero attached hydrogens (tertiary/aromatic N) is 3. The first-order valence-corrected chi connectivity index (χ1v) is 8.49. The number of ether oxygens (including phenoxy) is 1. The Hall–Kier alpha value is -1.57. The van der Waals surface area contributed by atoms with Gasteiger partial charge in [-0.1, -0.05) is 35.5 Å². The Morgan fingerprint density at radius 1 is 1.22 bits per heavy atom. The highest BCUT2D eigenvalue weighted by Gasteiger charge is 2.09. The van der Waals surface area contributed by atoms with Gasteiger partial charge in [0.2, 0.25) is 11.2 Å². The van der Waals surface area contributed by atoms with Gasteiger partial charge in [-0.05, 0) is 36.2 Å². The molecule has 0 unspecified atom stereocenters. The Balaban J connectivity index is 1.96. The van der Waals surface area contributed by atoms with E-state index in [-0.39, 0.29) is 17.0 Å². The van der Waals surface area contributed by atoms with E-state index in [1.807, 2.05) is 12.1 Å². The molecular weight excluding hydrogens is 359 g/mol. The largest absolute Gasteiger partial charge is 0.465 e. The number of esters is 1. The van der Waals surface area contributed by atoms with Crippen LogP contribution in [0.25, 0.3) is 0 Å². The summed E-state index contributed by atoms with van der Waals surface area (Å²) in [7, 11) is 0. The van der Waals surface area contributed by atoms with Crippen LogP contribution in [-0.4, -0.2) is 33.3 Å². The maximum atomic E-state index is 11.4. The fourth-order valence-corrected chi connectivity index (χ4v) is 2.55. The molecule has 122 valence electrons. The number of anilines is 1. The molecule has 1 aromatic heterocycles. The number of thioether (sulfide) groups is 1. The predicted octanol–water partition coefficient (Wildman–Crippen LogP) is 3.45. The van der Waals surface area contributed by atoms with Crippen molar-refractivity contribution in [3.05, 3.63) is 40.1 Å². The highest BCUT2D eigenvalue weighted by molar-refractivity contribution is 7.99. The third-order valence-corrected chi connectivity index (χ3v) is 3.82. The number of hydrogen-bond donors (Lipinski definition) is 1. The SMILES string of the molecule is CCOC(=O)CSc1nc(Cl)nc(NCc2ccc(Cl)cc2)n1. The molecule has 0 saturated heterocycles. The van der Waals surface area contributed by atoms with Gasteiger partial charge < -0.3 is 10.1 Å². The molecule has 0 fully saturated rings. The number of halogens is 2. The average molecular weight is 373 g/mol. The van der Waals surface area contributed by atoms with Crippen LogP contribution in [0.1, 0.15) is 12.5 Å². The van der Waals surface area contributed by atoms with Gasteiger partial charge in [0.1, 0.15) is 0 Å². The molecule has 2 rings (SSSR count). The molecule has 0 amide bonds. The van der Waals surface area contributed by atoms with Gasteiger partial charge in [0, 0.05) is 11.6 Å². The van der Waals surface area contributed by atoms with Gasteiger partial charge >= 0.3 is 5.97 Å². The molecule has 1 heterocycles. The van der Waals surface area contributed by atoms with Crippen LogP contribution >= 0.6 is 35.0 Å². The van der Waals surface area contributed by atoms with Crippen LogP contribution in [0.4, 0.5) is 5.95 Å². The minimum absolute atomic E-state index is 0.0602. The number of carbonyl (C=O) groups excluding carboxylic acids is 1. The molecule has 0 aliphatic heterocycles. The minimum atomic E-state index is -0.329. The molecule has 1 N–H and O–H groups in total. The summed E-state index contributed by atoms with van der Waals surface area (Å²) in [6.07, 6.45) is 0. The summed E-state index contributed by atoms with van der Waals surface area (Å²) < 4.78 is 4.85. The second-order valence-electron chi connectivity index (χ2n) is 4.28. The topological polar surface area (TPSA) is 77.0 Å². The number of rotatable bonds is 7. The summed E-state index contributed by atoms with van der Waals surface area (Å²) in [5.74, 6) is 0.126. The van der Waals surface area contributed by atoms with Gasteiger partial charge in [0.05, 0.1) is 12.4 Å². The lowest BCUT2D eigenvalue weighted by Crippen LogP contribution is -2.09. The Kier molecular flexibility index (Phi) is 6.88. The highest BCUT2D eigenvalue weighted by atomic mass is 35.5. The normalized spacial score (nSPS) is 10.4. The zero-order chi connectivity index (χ0) is 16.7. The summed E-state index contributed by atoms with van der Waals surface area (Å²) >= 11 is 12.9. The van der Waals surface area contributed by atoms with Crippen molar-refractivity contribution >= 4 is 46.9 Å². The number of nitrogens with one attached hydrogen (secondary N) is 1. The van der Waals surface area contributed by atoms with Crippen molar-refractivity contribution < 1.29 is 9.53 Å². The minimum Gasteiger partial charge on any atom is -0.465 e. The third kappa shape index (κ3) is 6.21. The monoisotopic (exact) mass is 372 g/mol. The van der Waals surface area contributed by atoms with Gasteiger partial charge in [0.25, 0.3) is 0 Å². The van der Waals surface area contributed by atoms with Crippen molar-refractivity contribution in [2.24, 2.45) is 0 Å². The van der Waals surface area contributed by atoms with E-state index in [4.69, 9.17) is 27.9 Å². The molecule has 23 heavy (non-hydrogen) atoms. The number of carbonyl (C=O) groups is 1. The van der Waals surface area contributed by atoms with E-state index in [1.54, 1.807) is 19.1 Å². The maximum absolute atomic E-state index is 11.4. The molecule has 0 bridgehead atoms. The highest BCUT2D eigenvalue weighted by Crippen LogP contribution is 2.17. The van der Waals surface area contributed by atoms with Gasteiger partial charge in [-0.25, -0.2) is 0 Å². The van der Waals surface area contributed by atoms with E-state index in [9.17, 15) is 4.79 Å². The molecule has 9 heteroatoms. The third-order valence-electron chi connectivity index (χ3n) is 2.58. The zero-order valence-electron chi connectivity index (χ0n) is 12.3. The molecule has 6 nitrogen and oxygen atoms in total. The Morgan fingerprint density at radius 3 is 2.65 bits per heavy atom. The summed E-state index contributed by atoms with van der Waals surface area (Å²) in [6, 6.07) is 7.41. The van der Waals surface area contributed by atoms with Gasteiger partial charge in [-0.15, -0.1) is 0 Å². The van der Waals surface area contributed by atoms with Crippen LogP contribution in [0.5, 0.6) is 0 Å². The lowest BCUT2D eigenvalue weighted by molar-refractivity contribution is -0.139. The molecule has 0 aliphatic rings. The summed E-state index contributed by atoms with van der Waals surface area (Å²) in [5.41, 5.74) is 1.02. The van der Waals surface area contributed by atoms with Crippen molar-refractivity contribution in [2.45, 2.75) is 18.6 Å². The summed E-state index contributed by atoms with van der Waals surface area (Å²) in [5, 5.41) is 4.15. The van der Waals surface area contributed by atoms with Gasteiger partial charge in [0.15, 0.2) is 5.16 Å². The molecule has 1 aromatic carbocycles. The standard InChI is InChI=1S/C14H14Cl2N4O2S/c1-2-22-11(21)8-23-14-19-12(16)18-13(20-14)17-7-9-3-5-10(15)6-4-9/h3-6H,2,7-8H2,1H3,(H,17,18,19,20). The zero-order valence-corrected chi connectivity index (χ0v) is 14.6. The van der Waals surface area contributed by atoms with E-state index in [0.29, 0.717) is 29.3 Å². The number of hydrogen-bond acceptors (Lipinski definition) is 7. The molecule has 0 spiro atoms. The van der Waals surface area contributed by atoms with E-state index < -0.39 is 0 Å². The van der Waals surface area contributed by atoms with Crippen LogP contribution in [0.2, 0.25) is 10.3 Å². The van der Waals surface area contributed by atoms with E-state index in [2.05, 4.69) is 20.3 Å². The molecule has 0 radical (unpaired) electrons. The number of aromatic nitrogens is 3. The van der Waals surface area contributed by atoms with Crippen LogP contribution in [0.3, 0.4) is 0 Å². The second kappa shape index (κ2) is 8.90. The first kappa shape index (κ1) is 17.8. The fraction of sp³-hybridized carbons (Fsp3) is 0.286. The molecule has 0 saturated carbocycles. The van der Waals surface area contributed by atoms with Crippen molar-refractivity contribution in [3.63, 3.8) is 0 Å². The summed E-state index contributed by atoms with van der Waals surface area (Å²) in [6.45, 7) is 2.60. The average Bonchev–Trinajstić information content (AvgIpc) is 2.52. The first-order valence-electron chi connectivity index (χ1n) is 6.75. The molecule has 0 atom stereocenters. The molecule has 0 aliphatic carbocycles. The summed E-state index contributed by atoms with van der Waals surface area (Å²) in [4.78, 5) is 23.5. The Bertz CT molecular complexity index is 670. The number of benzene rings is 1. The van der Waals surface area contributed by atoms with Crippen molar-refractivity contribution in [1.82, 2.24) is 15.0 Å².